The molecule has 0 spiro atoms. The average Bonchev–Trinajstić information content (AvgIpc) is 2.68. The van der Waals surface area contributed by atoms with Crippen molar-refractivity contribution in [1.82, 2.24) is 5.32 Å². The highest BCUT2D eigenvalue weighted by Crippen LogP contribution is 2.28. The number of amides is 2. The van der Waals surface area contributed by atoms with Crippen molar-refractivity contribution in [3.8, 4) is 0 Å². The summed E-state index contributed by atoms with van der Waals surface area (Å²) in [6.07, 6.45) is 4.31. The minimum Gasteiger partial charge on any atom is -0.382 e. The average molecular weight is 390 g/mol. The third kappa shape index (κ3) is 6.82. The Morgan fingerprint density at radius 1 is 1.21 bits per heavy atom. The van der Waals surface area contributed by atoms with Crippen molar-refractivity contribution >= 4 is 23.2 Å². The van der Waals surface area contributed by atoms with E-state index in [1.807, 2.05) is 26.0 Å². The van der Waals surface area contributed by atoms with Crippen LogP contribution in [0.2, 0.25) is 0 Å². The summed E-state index contributed by atoms with van der Waals surface area (Å²) in [7, 11) is 0. The van der Waals surface area contributed by atoms with Crippen molar-refractivity contribution in [2.45, 2.75) is 52.9 Å². The fourth-order valence-corrected chi connectivity index (χ4v) is 3.39. The Morgan fingerprint density at radius 3 is 2.64 bits per heavy atom. The first-order valence-corrected chi connectivity index (χ1v) is 10.6. The molecule has 1 heterocycles. The molecule has 0 atom stereocenters. The Hall–Kier alpha value is -2.08. The zero-order valence-corrected chi connectivity index (χ0v) is 17.6. The van der Waals surface area contributed by atoms with E-state index in [0.29, 0.717) is 37.4 Å². The second kappa shape index (κ2) is 11.7. The SMILES string of the molecule is CCCC(=O)Nc1ccc(N2CCC(C)CC2)c(C(=O)NCCCOCC)c1. The molecule has 28 heavy (non-hydrogen) atoms. The summed E-state index contributed by atoms with van der Waals surface area (Å²) in [5.74, 6) is 0.599. The van der Waals surface area contributed by atoms with Crippen LogP contribution in [0, 0.1) is 5.92 Å². The molecule has 6 heteroatoms. The largest absolute Gasteiger partial charge is 0.382 e. The predicted molar refractivity (Wildman–Crippen MR) is 114 cm³/mol. The molecule has 2 rings (SSSR count). The Kier molecular flexibility index (Phi) is 9.28. The number of rotatable bonds is 10. The van der Waals surface area contributed by atoms with E-state index < -0.39 is 0 Å². The summed E-state index contributed by atoms with van der Waals surface area (Å²) in [4.78, 5) is 27.1. The highest BCUT2D eigenvalue weighted by atomic mass is 16.5. The van der Waals surface area contributed by atoms with Crippen molar-refractivity contribution in [2.75, 3.05) is 43.1 Å². The van der Waals surface area contributed by atoms with Crippen LogP contribution in [0.15, 0.2) is 18.2 Å². The molecule has 0 aliphatic carbocycles. The first kappa shape index (κ1) is 22.2. The predicted octanol–water partition coefficient (Wildman–Crippen LogP) is 3.82. The molecule has 1 aliphatic rings. The molecule has 1 fully saturated rings. The molecular formula is C22H35N3O3. The van der Waals surface area contributed by atoms with Gasteiger partial charge in [-0.15, -0.1) is 0 Å². The van der Waals surface area contributed by atoms with Crippen molar-refractivity contribution in [1.29, 1.82) is 0 Å². The van der Waals surface area contributed by atoms with Gasteiger partial charge in [0.05, 0.1) is 5.56 Å². The van der Waals surface area contributed by atoms with Gasteiger partial charge in [0, 0.05) is 50.6 Å². The van der Waals surface area contributed by atoms with Gasteiger partial charge in [0.2, 0.25) is 5.91 Å². The maximum absolute atomic E-state index is 12.9. The number of ether oxygens (including phenoxy) is 1. The number of carbonyl (C=O) groups excluding carboxylic acids is 2. The van der Waals surface area contributed by atoms with E-state index in [-0.39, 0.29) is 11.8 Å². The molecule has 0 saturated carbocycles. The number of benzene rings is 1. The molecule has 1 aromatic carbocycles. The van der Waals surface area contributed by atoms with Gasteiger partial charge in [0.25, 0.3) is 5.91 Å². The number of nitrogens with zero attached hydrogens (tertiary/aromatic N) is 1. The second-order valence-corrected chi connectivity index (χ2v) is 7.51. The van der Waals surface area contributed by atoms with E-state index in [9.17, 15) is 9.59 Å². The maximum atomic E-state index is 12.9. The van der Waals surface area contributed by atoms with Crippen LogP contribution in [0.1, 0.15) is 63.2 Å². The summed E-state index contributed by atoms with van der Waals surface area (Å²) in [6, 6.07) is 5.66. The smallest absolute Gasteiger partial charge is 0.253 e. The number of carbonyl (C=O) groups is 2. The topological polar surface area (TPSA) is 70.7 Å². The number of piperidine rings is 1. The van der Waals surface area contributed by atoms with Crippen molar-refractivity contribution in [3.63, 3.8) is 0 Å². The lowest BCUT2D eigenvalue weighted by Crippen LogP contribution is -2.35. The summed E-state index contributed by atoms with van der Waals surface area (Å²) >= 11 is 0. The summed E-state index contributed by atoms with van der Waals surface area (Å²) in [5, 5.41) is 5.90. The molecule has 2 N–H and O–H groups in total. The van der Waals surface area contributed by atoms with Gasteiger partial charge in [-0.1, -0.05) is 13.8 Å². The number of hydrogen-bond donors (Lipinski definition) is 2. The molecule has 0 unspecified atom stereocenters. The fraction of sp³-hybridized carbons (Fsp3) is 0.636. The van der Waals surface area contributed by atoms with Crippen LogP contribution in [0.3, 0.4) is 0 Å². The van der Waals surface area contributed by atoms with E-state index in [2.05, 4.69) is 22.5 Å². The summed E-state index contributed by atoms with van der Waals surface area (Å²) in [5.41, 5.74) is 2.25. The van der Waals surface area contributed by atoms with Crippen LogP contribution in [0.4, 0.5) is 11.4 Å². The zero-order valence-electron chi connectivity index (χ0n) is 17.6. The Morgan fingerprint density at radius 2 is 1.96 bits per heavy atom. The van der Waals surface area contributed by atoms with Gasteiger partial charge in [-0.2, -0.15) is 0 Å². The lowest BCUT2D eigenvalue weighted by Gasteiger charge is -2.33. The normalized spacial score (nSPS) is 14.8. The van der Waals surface area contributed by atoms with E-state index in [4.69, 9.17) is 4.74 Å². The molecule has 0 aromatic heterocycles. The number of anilines is 2. The zero-order chi connectivity index (χ0) is 20.4. The van der Waals surface area contributed by atoms with Gasteiger partial charge < -0.3 is 20.3 Å². The van der Waals surface area contributed by atoms with Crippen molar-refractivity contribution < 1.29 is 14.3 Å². The third-order valence-corrected chi connectivity index (χ3v) is 5.08. The second-order valence-electron chi connectivity index (χ2n) is 7.51. The van der Waals surface area contributed by atoms with Crippen molar-refractivity contribution in [2.24, 2.45) is 5.92 Å². The van der Waals surface area contributed by atoms with Gasteiger partial charge in [0.15, 0.2) is 0 Å². The minimum atomic E-state index is -0.100. The van der Waals surface area contributed by atoms with E-state index in [1.165, 1.54) is 0 Å². The lowest BCUT2D eigenvalue weighted by molar-refractivity contribution is -0.116. The van der Waals surface area contributed by atoms with Crippen molar-refractivity contribution in [3.05, 3.63) is 23.8 Å². The summed E-state index contributed by atoms with van der Waals surface area (Å²) in [6.45, 7) is 10.0. The highest BCUT2D eigenvalue weighted by Gasteiger charge is 2.21. The molecule has 1 saturated heterocycles. The molecule has 156 valence electrons. The van der Waals surface area contributed by atoms with Gasteiger partial charge in [0.1, 0.15) is 0 Å². The van der Waals surface area contributed by atoms with E-state index >= 15 is 0 Å². The number of hydrogen-bond acceptors (Lipinski definition) is 4. The fourth-order valence-electron chi connectivity index (χ4n) is 3.39. The Bertz CT molecular complexity index is 640. The molecule has 2 amide bonds. The van der Waals surface area contributed by atoms with Crippen LogP contribution in [-0.4, -0.2) is 44.7 Å². The van der Waals surface area contributed by atoms with Crippen LogP contribution in [0.5, 0.6) is 0 Å². The molecule has 1 aliphatic heterocycles. The monoisotopic (exact) mass is 389 g/mol. The Labute approximate surface area is 169 Å². The molecular weight excluding hydrogens is 354 g/mol. The number of nitrogens with one attached hydrogen (secondary N) is 2. The van der Waals surface area contributed by atoms with Crippen LogP contribution in [0.25, 0.3) is 0 Å². The molecule has 0 bridgehead atoms. The molecule has 6 nitrogen and oxygen atoms in total. The van der Waals surface area contributed by atoms with Gasteiger partial charge in [-0.05, 0) is 56.7 Å². The lowest BCUT2D eigenvalue weighted by atomic mass is 9.97. The quantitative estimate of drug-likeness (QED) is 0.597. The first-order valence-electron chi connectivity index (χ1n) is 10.6. The molecule has 1 aromatic rings. The van der Waals surface area contributed by atoms with Gasteiger partial charge in [-0.25, -0.2) is 0 Å². The van der Waals surface area contributed by atoms with Gasteiger partial charge in [-0.3, -0.25) is 9.59 Å². The minimum absolute atomic E-state index is 0.0230. The van der Waals surface area contributed by atoms with Crippen LogP contribution >= 0.6 is 0 Å². The third-order valence-electron chi connectivity index (χ3n) is 5.08. The summed E-state index contributed by atoms with van der Waals surface area (Å²) < 4.78 is 5.33. The maximum Gasteiger partial charge on any atom is 0.253 e. The van der Waals surface area contributed by atoms with Crippen LogP contribution in [-0.2, 0) is 9.53 Å². The molecule has 0 radical (unpaired) electrons. The van der Waals surface area contributed by atoms with E-state index in [0.717, 1.165) is 50.4 Å². The standard InChI is InChI=1S/C22H35N3O3/c1-4-7-21(26)24-18-8-9-20(25-13-10-17(3)11-14-25)19(16-18)22(27)23-12-6-15-28-5-2/h8-9,16-17H,4-7,10-15H2,1-3H3,(H,23,27)(H,24,26). The van der Waals surface area contributed by atoms with Gasteiger partial charge >= 0.3 is 0 Å². The van der Waals surface area contributed by atoms with Crippen LogP contribution < -0.4 is 15.5 Å². The highest BCUT2D eigenvalue weighted by molar-refractivity contribution is 6.02. The van der Waals surface area contributed by atoms with E-state index in [1.54, 1.807) is 6.07 Å². The first-order chi connectivity index (χ1) is 13.5. The Balaban J connectivity index is 2.13.